The van der Waals surface area contributed by atoms with Crippen LogP contribution in [-0.4, -0.2) is 13.1 Å². The van der Waals surface area contributed by atoms with Gasteiger partial charge >= 0.3 is 0 Å². The fraction of sp³-hybridized carbons (Fsp3) is 0.462. The van der Waals surface area contributed by atoms with E-state index >= 15 is 0 Å². The van der Waals surface area contributed by atoms with Gasteiger partial charge in [-0.25, -0.2) is 0 Å². The van der Waals surface area contributed by atoms with Gasteiger partial charge in [-0.1, -0.05) is 18.2 Å². The van der Waals surface area contributed by atoms with Gasteiger partial charge in [0.1, 0.15) is 0 Å². The zero-order valence-corrected chi connectivity index (χ0v) is 8.74. The van der Waals surface area contributed by atoms with Crippen molar-refractivity contribution in [1.82, 2.24) is 0 Å². The molecule has 2 aliphatic rings. The summed E-state index contributed by atoms with van der Waals surface area (Å²) in [4.78, 5) is 2.38. The summed E-state index contributed by atoms with van der Waals surface area (Å²) in [6, 6.07) is 11.0. The van der Waals surface area contributed by atoms with Crippen molar-refractivity contribution in [2.45, 2.75) is 19.3 Å². The van der Waals surface area contributed by atoms with Crippen molar-refractivity contribution in [3.63, 3.8) is 0 Å². The Morgan fingerprint density at radius 2 is 2.13 bits per heavy atom. The Bertz CT molecular complexity index is 426. The predicted molar refractivity (Wildman–Crippen MR) is 59.6 cm³/mol. The predicted octanol–water partition coefficient (Wildman–Crippen LogP) is 2.35. The number of hydrogen-bond donors (Lipinski definition) is 0. The lowest BCUT2D eigenvalue weighted by molar-refractivity contribution is 0.634. The molecule has 2 nitrogen and oxygen atoms in total. The molecule has 15 heavy (non-hydrogen) atoms. The molecule has 0 bridgehead atoms. The molecule has 0 unspecified atom stereocenters. The van der Waals surface area contributed by atoms with E-state index in [1.165, 1.54) is 11.3 Å². The molecule has 0 atom stereocenters. The van der Waals surface area contributed by atoms with Crippen LogP contribution in [0.3, 0.4) is 0 Å². The Morgan fingerprint density at radius 1 is 1.33 bits per heavy atom. The monoisotopic (exact) mass is 198 g/mol. The molecule has 0 N–H and O–H groups in total. The van der Waals surface area contributed by atoms with Crippen molar-refractivity contribution < 1.29 is 0 Å². The molecule has 0 saturated heterocycles. The zero-order valence-electron chi connectivity index (χ0n) is 8.74. The maximum atomic E-state index is 9.09. The molecule has 1 aromatic carbocycles. The van der Waals surface area contributed by atoms with E-state index < -0.39 is 0 Å². The van der Waals surface area contributed by atoms with Crippen molar-refractivity contribution in [3.05, 3.63) is 29.8 Å². The number of nitrogens with zero attached hydrogens (tertiary/aromatic N) is 2. The molecule has 1 fully saturated rings. The third-order valence-corrected chi connectivity index (χ3v) is 3.57. The van der Waals surface area contributed by atoms with Crippen LogP contribution >= 0.6 is 0 Å². The molecule has 2 heteroatoms. The van der Waals surface area contributed by atoms with Gasteiger partial charge in [0.15, 0.2) is 0 Å². The van der Waals surface area contributed by atoms with Gasteiger partial charge in [-0.15, -0.1) is 0 Å². The van der Waals surface area contributed by atoms with Gasteiger partial charge in [-0.2, -0.15) is 5.26 Å². The third-order valence-electron chi connectivity index (χ3n) is 3.57. The second kappa shape index (κ2) is 3.00. The van der Waals surface area contributed by atoms with Crippen LogP contribution in [0.4, 0.5) is 5.69 Å². The number of anilines is 1. The molecule has 1 heterocycles. The summed E-state index contributed by atoms with van der Waals surface area (Å²) in [5.41, 5.74) is 2.77. The first-order valence-corrected chi connectivity index (χ1v) is 5.57. The Labute approximate surface area is 90.1 Å². The smallest absolute Gasteiger partial charge is 0.0749 e. The fourth-order valence-electron chi connectivity index (χ4n) is 2.39. The first kappa shape index (κ1) is 8.79. The first-order valence-electron chi connectivity index (χ1n) is 5.57. The minimum Gasteiger partial charge on any atom is -0.369 e. The number of fused-ring (bicyclic) bond motifs is 1. The van der Waals surface area contributed by atoms with E-state index in [0.29, 0.717) is 0 Å². The highest BCUT2D eigenvalue weighted by Gasteiger charge is 2.45. The maximum Gasteiger partial charge on any atom is 0.0749 e. The molecule has 3 rings (SSSR count). The van der Waals surface area contributed by atoms with Crippen LogP contribution in [0.2, 0.25) is 0 Å². The normalized spacial score (nSPS) is 20.9. The van der Waals surface area contributed by atoms with Crippen LogP contribution in [0.5, 0.6) is 0 Å². The maximum absolute atomic E-state index is 9.09. The first-order chi connectivity index (χ1) is 7.33. The van der Waals surface area contributed by atoms with Crippen molar-refractivity contribution in [1.29, 1.82) is 5.26 Å². The number of rotatable bonds is 2. The molecule has 0 radical (unpaired) electrons. The lowest BCUT2D eigenvalue weighted by Gasteiger charge is -2.21. The van der Waals surface area contributed by atoms with Crippen molar-refractivity contribution in [3.8, 4) is 6.07 Å². The molecule has 1 saturated carbocycles. The minimum atomic E-state index is -0.0164. The zero-order chi connectivity index (χ0) is 10.3. The van der Waals surface area contributed by atoms with Crippen molar-refractivity contribution in [2.24, 2.45) is 5.41 Å². The molecule has 1 aliphatic carbocycles. The minimum absolute atomic E-state index is 0.0164. The highest BCUT2D eigenvalue weighted by atomic mass is 15.2. The van der Waals surface area contributed by atoms with Crippen LogP contribution < -0.4 is 4.90 Å². The third kappa shape index (κ3) is 1.39. The summed E-state index contributed by atoms with van der Waals surface area (Å²) in [6.45, 7) is 2.02. The summed E-state index contributed by atoms with van der Waals surface area (Å²) < 4.78 is 0. The highest BCUT2D eigenvalue weighted by Crippen LogP contribution is 2.47. The van der Waals surface area contributed by atoms with Gasteiger partial charge in [0.25, 0.3) is 0 Å². The van der Waals surface area contributed by atoms with Crippen LogP contribution in [-0.2, 0) is 6.42 Å². The summed E-state index contributed by atoms with van der Waals surface area (Å²) in [5, 5.41) is 9.09. The second-order valence-corrected chi connectivity index (χ2v) is 4.69. The van der Waals surface area contributed by atoms with E-state index in [1.54, 1.807) is 0 Å². The van der Waals surface area contributed by atoms with E-state index in [9.17, 15) is 0 Å². The lowest BCUT2D eigenvalue weighted by Crippen LogP contribution is -2.27. The highest BCUT2D eigenvalue weighted by molar-refractivity contribution is 5.58. The van der Waals surface area contributed by atoms with Gasteiger partial charge in [0.05, 0.1) is 11.5 Å². The molecule has 0 aromatic heterocycles. The van der Waals surface area contributed by atoms with Gasteiger partial charge in [0.2, 0.25) is 0 Å². The van der Waals surface area contributed by atoms with E-state index in [2.05, 4.69) is 35.2 Å². The lowest BCUT2D eigenvalue weighted by atomic mass is 10.1. The van der Waals surface area contributed by atoms with Crippen molar-refractivity contribution in [2.75, 3.05) is 18.0 Å². The number of hydrogen-bond acceptors (Lipinski definition) is 2. The Morgan fingerprint density at radius 3 is 2.87 bits per heavy atom. The SMILES string of the molecule is N#CC1(CN2CCc3ccccc32)CC1. The van der Waals surface area contributed by atoms with E-state index in [-0.39, 0.29) is 5.41 Å². The number of para-hydroxylation sites is 1. The molecule has 1 aromatic rings. The van der Waals surface area contributed by atoms with Gasteiger partial charge < -0.3 is 4.90 Å². The number of nitriles is 1. The van der Waals surface area contributed by atoms with Crippen LogP contribution in [0.25, 0.3) is 0 Å². The molecule has 1 aliphatic heterocycles. The second-order valence-electron chi connectivity index (χ2n) is 4.69. The molecular weight excluding hydrogens is 184 g/mol. The largest absolute Gasteiger partial charge is 0.369 e. The Kier molecular flexibility index (Phi) is 1.76. The van der Waals surface area contributed by atoms with E-state index in [0.717, 1.165) is 32.4 Å². The molecular formula is C13H14N2. The Balaban J connectivity index is 1.83. The summed E-state index contributed by atoms with van der Waals surface area (Å²) in [7, 11) is 0. The van der Waals surface area contributed by atoms with Gasteiger partial charge in [-0.05, 0) is 30.9 Å². The average molecular weight is 198 g/mol. The fourth-order valence-corrected chi connectivity index (χ4v) is 2.39. The van der Waals surface area contributed by atoms with Gasteiger partial charge in [0, 0.05) is 18.8 Å². The number of benzene rings is 1. The van der Waals surface area contributed by atoms with E-state index in [1.807, 2.05) is 0 Å². The molecule has 76 valence electrons. The Hall–Kier alpha value is -1.49. The van der Waals surface area contributed by atoms with Crippen LogP contribution in [0, 0.1) is 16.7 Å². The van der Waals surface area contributed by atoms with E-state index in [4.69, 9.17) is 5.26 Å². The molecule has 0 spiro atoms. The standard InChI is InChI=1S/C13H14N2/c14-9-13(6-7-13)10-15-8-5-11-3-1-2-4-12(11)15/h1-4H,5-8,10H2. The quantitative estimate of drug-likeness (QED) is 0.729. The summed E-state index contributed by atoms with van der Waals surface area (Å²) >= 11 is 0. The topological polar surface area (TPSA) is 27.0 Å². The van der Waals surface area contributed by atoms with Crippen molar-refractivity contribution >= 4 is 5.69 Å². The van der Waals surface area contributed by atoms with Gasteiger partial charge in [-0.3, -0.25) is 0 Å². The van der Waals surface area contributed by atoms with Crippen LogP contribution in [0.15, 0.2) is 24.3 Å². The molecule has 0 amide bonds. The van der Waals surface area contributed by atoms with Crippen LogP contribution in [0.1, 0.15) is 18.4 Å². The average Bonchev–Trinajstić information content (AvgIpc) is 2.95. The summed E-state index contributed by atoms with van der Waals surface area (Å²) in [6.07, 6.45) is 3.31. The summed E-state index contributed by atoms with van der Waals surface area (Å²) in [5.74, 6) is 0.